The summed E-state index contributed by atoms with van der Waals surface area (Å²) in [6, 6.07) is 6.70. The molecule has 0 aliphatic heterocycles. The molecule has 0 aliphatic rings. The molecule has 0 saturated heterocycles. The zero-order valence-corrected chi connectivity index (χ0v) is 14.4. The van der Waals surface area contributed by atoms with Gasteiger partial charge in [-0.25, -0.2) is 4.98 Å². The van der Waals surface area contributed by atoms with Crippen molar-refractivity contribution in [2.45, 2.75) is 54.0 Å². The van der Waals surface area contributed by atoms with E-state index < -0.39 is 0 Å². The van der Waals surface area contributed by atoms with Crippen LogP contribution in [0, 0.1) is 27.7 Å². The summed E-state index contributed by atoms with van der Waals surface area (Å²) in [4.78, 5) is 9.05. The number of hydrogen-bond donors (Lipinski definition) is 2. The monoisotopic (exact) mass is 298 g/mol. The van der Waals surface area contributed by atoms with Crippen LogP contribution in [-0.2, 0) is 0 Å². The molecule has 0 radical (unpaired) electrons. The van der Waals surface area contributed by atoms with Gasteiger partial charge in [0.05, 0.1) is 0 Å². The molecule has 4 nitrogen and oxygen atoms in total. The Bertz CT molecular complexity index is 641. The second-order valence-corrected chi connectivity index (χ2v) is 6.07. The average molecular weight is 298 g/mol. The van der Waals surface area contributed by atoms with E-state index in [1.54, 1.807) is 0 Å². The molecule has 0 spiro atoms. The molecular formula is C18H26N4. The lowest BCUT2D eigenvalue weighted by Gasteiger charge is -2.16. The Morgan fingerprint density at radius 3 is 2.23 bits per heavy atom. The van der Waals surface area contributed by atoms with Crippen LogP contribution >= 0.6 is 0 Å². The highest BCUT2D eigenvalue weighted by molar-refractivity contribution is 5.66. The van der Waals surface area contributed by atoms with Crippen LogP contribution in [0.1, 0.15) is 42.7 Å². The highest BCUT2D eigenvalue weighted by atomic mass is 15.2. The lowest BCUT2D eigenvalue weighted by molar-refractivity contribution is 0.752. The van der Waals surface area contributed by atoms with Crippen LogP contribution in [0.4, 0.5) is 17.5 Å². The Kier molecular flexibility index (Phi) is 5.01. The first-order valence-electron chi connectivity index (χ1n) is 7.86. The highest BCUT2D eigenvalue weighted by Crippen LogP contribution is 2.25. The molecule has 1 heterocycles. The van der Waals surface area contributed by atoms with Crippen molar-refractivity contribution in [1.29, 1.82) is 0 Å². The molecule has 2 N–H and O–H groups in total. The summed E-state index contributed by atoms with van der Waals surface area (Å²) in [5.74, 6) is 1.51. The predicted molar refractivity (Wildman–Crippen MR) is 94.1 cm³/mol. The van der Waals surface area contributed by atoms with Crippen LogP contribution in [-0.4, -0.2) is 16.0 Å². The Hall–Kier alpha value is -2.10. The molecule has 2 aromatic rings. The van der Waals surface area contributed by atoms with E-state index in [2.05, 4.69) is 67.4 Å². The number of aryl methyl sites for hydroxylation is 4. The first-order valence-corrected chi connectivity index (χ1v) is 7.86. The molecule has 1 aromatic carbocycles. The van der Waals surface area contributed by atoms with Crippen LogP contribution in [0.5, 0.6) is 0 Å². The standard InChI is InChI=1S/C18H26N4/c1-7-14(5)19-18-20-15(6)10-16(22-18)21-17-12(3)8-11(2)9-13(17)4/h8-10,14H,7H2,1-6H3,(H2,19,20,21,22). The van der Waals surface area contributed by atoms with Gasteiger partial charge in [0, 0.05) is 23.5 Å². The quantitative estimate of drug-likeness (QED) is 0.842. The summed E-state index contributed by atoms with van der Waals surface area (Å²) < 4.78 is 0. The molecular weight excluding hydrogens is 272 g/mol. The third-order valence-electron chi connectivity index (χ3n) is 3.77. The van der Waals surface area contributed by atoms with E-state index in [1.807, 2.05) is 13.0 Å². The molecule has 118 valence electrons. The third-order valence-corrected chi connectivity index (χ3v) is 3.77. The highest BCUT2D eigenvalue weighted by Gasteiger charge is 2.08. The minimum Gasteiger partial charge on any atom is -0.352 e. The number of aromatic nitrogens is 2. The maximum atomic E-state index is 4.59. The van der Waals surface area contributed by atoms with E-state index in [4.69, 9.17) is 0 Å². The number of anilines is 3. The number of nitrogens with one attached hydrogen (secondary N) is 2. The lowest BCUT2D eigenvalue weighted by atomic mass is 10.1. The van der Waals surface area contributed by atoms with Crippen molar-refractivity contribution in [3.63, 3.8) is 0 Å². The van der Waals surface area contributed by atoms with Crippen molar-refractivity contribution in [1.82, 2.24) is 9.97 Å². The topological polar surface area (TPSA) is 49.8 Å². The number of benzene rings is 1. The second-order valence-electron chi connectivity index (χ2n) is 6.07. The van der Waals surface area contributed by atoms with Crippen molar-refractivity contribution in [2.75, 3.05) is 10.6 Å². The van der Waals surface area contributed by atoms with Gasteiger partial charge in [-0.1, -0.05) is 24.6 Å². The van der Waals surface area contributed by atoms with E-state index in [0.29, 0.717) is 12.0 Å². The molecule has 0 amide bonds. The van der Waals surface area contributed by atoms with E-state index in [0.717, 1.165) is 23.6 Å². The minimum absolute atomic E-state index is 0.359. The molecule has 1 aromatic heterocycles. The number of nitrogens with zero attached hydrogens (tertiary/aromatic N) is 2. The fourth-order valence-corrected chi connectivity index (χ4v) is 2.52. The van der Waals surface area contributed by atoms with Gasteiger partial charge in [0.2, 0.25) is 5.95 Å². The lowest BCUT2D eigenvalue weighted by Crippen LogP contribution is -2.16. The van der Waals surface area contributed by atoms with Gasteiger partial charge in [-0.2, -0.15) is 4.98 Å². The molecule has 0 bridgehead atoms. The number of rotatable bonds is 5. The van der Waals surface area contributed by atoms with Crippen LogP contribution in [0.25, 0.3) is 0 Å². The molecule has 1 atom stereocenters. The van der Waals surface area contributed by atoms with E-state index in [-0.39, 0.29) is 0 Å². The van der Waals surface area contributed by atoms with Gasteiger partial charge in [0.1, 0.15) is 5.82 Å². The summed E-state index contributed by atoms with van der Waals surface area (Å²) in [5, 5.41) is 6.78. The normalized spacial score (nSPS) is 12.1. The third kappa shape index (κ3) is 3.97. The van der Waals surface area contributed by atoms with Crippen molar-refractivity contribution in [2.24, 2.45) is 0 Å². The summed E-state index contributed by atoms with van der Waals surface area (Å²) in [7, 11) is 0. The van der Waals surface area contributed by atoms with Gasteiger partial charge in [0.25, 0.3) is 0 Å². The van der Waals surface area contributed by atoms with E-state index in [1.165, 1.54) is 16.7 Å². The SMILES string of the molecule is CCC(C)Nc1nc(C)cc(Nc2c(C)cc(C)cc2C)n1. The molecule has 22 heavy (non-hydrogen) atoms. The molecule has 2 rings (SSSR count). The molecule has 0 fully saturated rings. The maximum Gasteiger partial charge on any atom is 0.225 e. The van der Waals surface area contributed by atoms with Crippen molar-refractivity contribution in [3.05, 3.63) is 40.6 Å². The van der Waals surface area contributed by atoms with Crippen LogP contribution in [0.15, 0.2) is 18.2 Å². The van der Waals surface area contributed by atoms with Gasteiger partial charge < -0.3 is 10.6 Å². The first kappa shape index (κ1) is 16.3. The van der Waals surface area contributed by atoms with Crippen LogP contribution in [0.3, 0.4) is 0 Å². The Balaban J connectivity index is 2.30. The van der Waals surface area contributed by atoms with Crippen molar-refractivity contribution < 1.29 is 0 Å². The van der Waals surface area contributed by atoms with Gasteiger partial charge in [-0.15, -0.1) is 0 Å². The molecule has 0 aliphatic carbocycles. The summed E-state index contributed by atoms with van der Waals surface area (Å²) in [6.07, 6.45) is 1.04. The van der Waals surface area contributed by atoms with Crippen LogP contribution < -0.4 is 10.6 Å². The Morgan fingerprint density at radius 2 is 1.64 bits per heavy atom. The summed E-state index contributed by atoms with van der Waals surface area (Å²) >= 11 is 0. The van der Waals surface area contributed by atoms with Gasteiger partial charge in [0.15, 0.2) is 0 Å². The van der Waals surface area contributed by atoms with Crippen molar-refractivity contribution >= 4 is 17.5 Å². The van der Waals surface area contributed by atoms with Gasteiger partial charge in [-0.05, 0) is 52.2 Å². The molecule has 0 saturated carbocycles. The van der Waals surface area contributed by atoms with E-state index in [9.17, 15) is 0 Å². The molecule has 1 unspecified atom stereocenters. The van der Waals surface area contributed by atoms with Gasteiger partial charge >= 0.3 is 0 Å². The Labute approximate surface area is 133 Å². The zero-order chi connectivity index (χ0) is 16.3. The second kappa shape index (κ2) is 6.77. The summed E-state index contributed by atoms with van der Waals surface area (Å²) in [6.45, 7) is 12.6. The zero-order valence-electron chi connectivity index (χ0n) is 14.4. The summed E-state index contributed by atoms with van der Waals surface area (Å²) in [5.41, 5.74) is 5.80. The first-order chi connectivity index (χ1) is 10.4. The van der Waals surface area contributed by atoms with Crippen molar-refractivity contribution in [3.8, 4) is 0 Å². The van der Waals surface area contributed by atoms with E-state index >= 15 is 0 Å². The largest absolute Gasteiger partial charge is 0.352 e. The fraction of sp³-hybridized carbons (Fsp3) is 0.444. The molecule has 4 heteroatoms. The Morgan fingerprint density at radius 1 is 1.00 bits per heavy atom. The fourth-order valence-electron chi connectivity index (χ4n) is 2.52. The maximum absolute atomic E-state index is 4.59. The van der Waals surface area contributed by atoms with Crippen LogP contribution in [0.2, 0.25) is 0 Å². The average Bonchev–Trinajstić information content (AvgIpc) is 2.42. The minimum atomic E-state index is 0.359. The number of hydrogen-bond acceptors (Lipinski definition) is 4. The predicted octanol–water partition coefficient (Wildman–Crippen LogP) is 4.66. The smallest absolute Gasteiger partial charge is 0.225 e. The van der Waals surface area contributed by atoms with Gasteiger partial charge in [-0.3, -0.25) is 0 Å².